The minimum atomic E-state index is -1.16. The Labute approximate surface area is 185 Å². The van der Waals surface area contributed by atoms with Crippen molar-refractivity contribution in [3.63, 3.8) is 0 Å². The molecule has 3 N–H and O–H groups in total. The standard InChI is InChI=1S/C23H24N4O5/c28-16-25-20(22(29)30)12-19-13-27(15-24-19)26-21(11-17-7-3-1-4-8-17)23(31)32-14-18-9-5-2-6-10-18/h1-10,13,15-16,20-21,26H,11-12,14H2,(H,25,28)(H,29,30)/t20-,21-/m0/s1. The van der Waals surface area contributed by atoms with E-state index in [1.54, 1.807) is 6.20 Å². The number of hydrogen-bond acceptors (Lipinski definition) is 6. The zero-order chi connectivity index (χ0) is 22.8. The quantitative estimate of drug-likeness (QED) is 0.291. The number of aliphatic carboxylic acids is 1. The zero-order valence-electron chi connectivity index (χ0n) is 17.3. The number of hydrogen-bond donors (Lipinski definition) is 3. The van der Waals surface area contributed by atoms with Gasteiger partial charge in [-0.25, -0.2) is 14.6 Å². The molecule has 0 bridgehead atoms. The van der Waals surface area contributed by atoms with Crippen LogP contribution in [0.3, 0.4) is 0 Å². The summed E-state index contributed by atoms with van der Waals surface area (Å²) in [5.41, 5.74) is 5.33. The first-order valence-electron chi connectivity index (χ1n) is 10.0. The smallest absolute Gasteiger partial charge is 0.330 e. The second kappa shape index (κ2) is 11.3. The molecule has 1 aromatic heterocycles. The fraction of sp³-hybridized carbons (Fsp3) is 0.217. The number of rotatable bonds is 12. The van der Waals surface area contributed by atoms with Gasteiger partial charge in [-0.05, 0) is 11.1 Å². The lowest BCUT2D eigenvalue weighted by Gasteiger charge is -2.19. The summed E-state index contributed by atoms with van der Waals surface area (Å²) in [4.78, 5) is 38.8. The van der Waals surface area contributed by atoms with Crippen LogP contribution >= 0.6 is 0 Å². The molecule has 3 aromatic rings. The Morgan fingerprint density at radius 1 is 1.00 bits per heavy atom. The molecule has 1 heterocycles. The normalized spacial score (nSPS) is 12.4. The van der Waals surface area contributed by atoms with Crippen LogP contribution in [0, 0.1) is 0 Å². The van der Waals surface area contributed by atoms with E-state index in [1.165, 1.54) is 11.0 Å². The average Bonchev–Trinajstić information content (AvgIpc) is 3.25. The highest BCUT2D eigenvalue weighted by Crippen LogP contribution is 2.09. The third kappa shape index (κ3) is 6.69. The van der Waals surface area contributed by atoms with Gasteiger partial charge in [-0.15, -0.1) is 0 Å². The molecule has 0 spiro atoms. The molecule has 0 radical (unpaired) electrons. The molecule has 0 saturated heterocycles. The largest absolute Gasteiger partial charge is 0.480 e. The number of carbonyl (C=O) groups excluding carboxylic acids is 2. The highest BCUT2D eigenvalue weighted by molar-refractivity contribution is 5.78. The molecule has 0 fully saturated rings. The fourth-order valence-electron chi connectivity index (χ4n) is 3.09. The number of amides is 1. The van der Waals surface area contributed by atoms with E-state index >= 15 is 0 Å². The molecule has 2 aromatic carbocycles. The van der Waals surface area contributed by atoms with Crippen LogP contribution in [-0.4, -0.2) is 45.2 Å². The van der Waals surface area contributed by atoms with Gasteiger partial charge in [-0.3, -0.25) is 9.47 Å². The van der Waals surface area contributed by atoms with E-state index < -0.39 is 24.0 Å². The van der Waals surface area contributed by atoms with Crippen molar-refractivity contribution in [2.24, 2.45) is 0 Å². The summed E-state index contributed by atoms with van der Waals surface area (Å²) >= 11 is 0. The van der Waals surface area contributed by atoms with E-state index in [9.17, 15) is 19.5 Å². The van der Waals surface area contributed by atoms with Crippen molar-refractivity contribution < 1.29 is 24.2 Å². The van der Waals surface area contributed by atoms with Crippen molar-refractivity contribution in [2.45, 2.75) is 31.5 Å². The number of ether oxygens (including phenoxy) is 1. The molecule has 0 aliphatic heterocycles. The van der Waals surface area contributed by atoms with Crippen LogP contribution in [0.15, 0.2) is 73.2 Å². The maximum absolute atomic E-state index is 12.8. The second-order valence-electron chi connectivity index (χ2n) is 7.12. The van der Waals surface area contributed by atoms with Crippen molar-refractivity contribution in [2.75, 3.05) is 5.43 Å². The first kappa shape index (κ1) is 22.5. The summed E-state index contributed by atoms with van der Waals surface area (Å²) in [6, 6.07) is 17.1. The topological polar surface area (TPSA) is 123 Å². The van der Waals surface area contributed by atoms with Gasteiger partial charge >= 0.3 is 11.9 Å². The molecule has 166 valence electrons. The molecule has 3 rings (SSSR count). The number of carboxylic acid groups (broad SMARTS) is 1. The first-order valence-corrected chi connectivity index (χ1v) is 10.0. The Kier molecular flexibility index (Phi) is 7.96. The number of esters is 1. The summed E-state index contributed by atoms with van der Waals surface area (Å²) < 4.78 is 7.00. The van der Waals surface area contributed by atoms with Crippen molar-refractivity contribution in [3.05, 3.63) is 90.0 Å². The minimum absolute atomic E-state index is 0.00452. The monoisotopic (exact) mass is 436 g/mol. The van der Waals surface area contributed by atoms with Gasteiger partial charge in [0, 0.05) is 19.0 Å². The summed E-state index contributed by atoms with van der Waals surface area (Å²) in [6.07, 6.45) is 3.74. The first-order chi connectivity index (χ1) is 15.5. The van der Waals surface area contributed by atoms with E-state index in [0.717, 1.165) is 11.1 Å². The molecule has 0 aliphatic carbocycles. The number of nitrogens with one attached hydrogen (secondary N) is 2. The van der Waals surface area contributed by atoms with Gasteiger partial charge in [0.25, 0.3) is 0 Å². The molecular formula is C23H24N4O5. The lowest BCUT2D eigenvalue weighted by molar-refractivity contribution is -0.146. The number of aromatic nitrogens is 2. The van der Waals surface area contributed by atoms with Gasteiger partial charge < -0.3 is 20.6 Å². The summed E-state index contributed by atoms with van der Waals surface area (Å²) in [7, 11) is 0. The van der Waals surface area contributed by atoms with Crippen molar-refractivity contribution >= 4 is 18.3 Å². The van der Waals surface area contributed by atoms with E-state index in [-0.39, 0.29) is 13.0 Å². The highest BCUT2D eigenvalue weighted by atomic mass is 16.5. The third-order valence-corrected chi connectivity index (χ3v) is 4.71. The molecule has 0 unspecified atom stereocenters. The van der Waals surface area contributed by atoms with Crippen molar-refractivity contribution in [1.29, 1.82) is 0 Å². The molecule has 2 atom stereocenters. The van der Waals surface area contributed by atoms with Gasteiger partial charge in [0.2, 0.25) is 6.41 Å². The van der Waals surface area contributed by atoms with Crippen LogP contribution in [0.4, 0.5) is 0 Å². The Balaban J connectivity index is 1.69. The summed E-state index contributed by atoms with van der Waals surface area (Å²) in [5.74, 6) is -1.59. The third-order valence-electron chi connectivity index (χ3n) is 4.71. The maximum atomic E-state index is 12.8. The van der Waals surface area contributed by atoms with Crippen molar-refractivity contribution in [1.82, 2.24) is 15.0 Å². The van der Waals surface area contributed by atoms with E-state index in [0.29, 0.717) is 18.5 Å². The predicted octanol–water partition coefficient (Wildman–Crippen LogP) is 1.52. The Morgan fingerprint density at radius 3 is 2.28 bits per heavy atom. The van der Waals surface area contributed by atoms with Crippen LogP contribution in [0.25, 0.3) is 0 Å². The number of carbonyl (C=O) groups is 3. The Bertz CT molecular complexity index is 1020. The van der Waals surface area contributed by atoms with E-state index in [4.69, 9.17) is 4.74 Å². The zero-order valence-corrected chi connectivity index (χ0v) is 17.3. The maximum Gasteiger partial charge on any atom is 0.330 e. The van der Waals surface area contributed by atoms with Gasteiger partial charge in [0.05, 0.1) is 5.69 Å². The Morgan fingerprint density at radius 2 is 1.66 bits per heavy atom. The highest BCUT2D eigenvalue weighted by Gasteiger charge is 2.22. The van der Waals surface area contributed by atoms with Gasteiger partial charge in [0.15, 0.2) is 0 Å². The van der Waals surface area contributed by atoms with Crippen LogP contribution < -0.4 is 10.7 Å². The molecule has 0 aliphatic rings. The summed E-state index contributed by atoms with van der Waals surface area (Å²) in [5, 5.41) is 11.4. The lowest BCUT2D eigenvalue weighted by atomic mass is 10.1. The number of carboxylic acids is 1. The molecular weight excluding hydrogens is 412 g/mol. The van der Waals surface area contributed by atoms with E-state index in [2.05, 4.69) is 15.7 Å². The van der Waals surface area contributed by atoms with Crippen LogP contribution in [0.5, 0.6) is 0 Å². The summed E-state index contributed by atoms with van der Waals surface area (Å²) in [6.45, 7) is 0.152. The van der Waals surface area contributed by atoms with Gasteiger partial charge in [-0.1, -0.05) is 60.7 Å². The average molecular weight is 436 g/mol. The SMILES string of the molecule is O=CN[C@@H](Cc1cn(N[C@@H](Cc2ccccc2)C(=O)OCc2ccccc2)cn1)C(=O)O. The Hall–Kier alpha value is -4.14. The van der Waals surface area contributed by atoms with Crippen molar-refractivity contribution in [3.8, 4) is 0 Å². The van der Waals surface area contributed by atoms with E-state index in [1.807, 2.05) is 60.7 Å². The molecule has 0 saturated carbocycles. The van der Waals surface area contributed by atoms with Crippen LogP contribution in [-0.2, 0) is 38.6 Å². The second-order valence-corrected chi connectivity index (χ2v) is 7.12. The number of imidazole rings is 1. The molecule has 9 nitrogen and oxygen atoms in total. The molecule has 32 heavy (non-hydrogen) atoms. The van der Waals surface area contributed by atoms with Gasteiger partial charge in [-0.2, -0.15) is 0 Å². The van der Waals surface area contributed by atoms with Gasteiger partial charge in [0.1, 0.15) is 25.0 Å². The molecule has 9 heteroatoms. The lowest BCUT2D eigenvalue weighted by Crippen LogP contribution is -2.38. The van der Waals surface area contributed by atoms with Crippen LogP contribution in [0.2, 0.25) is 0 Å². The predicted molar refractivity (Wildman–Crippen MR) is 116 cm³/mol. The minimum Gasteiger partial charge on any atom is -0.480 e. The van der Waals surface area contributed by atoms with Crippen LogP contribution in [0.1, 0.15) is 16.8 Å². The number of nitrogens with zero attached hydrogens (tertiary/aromatic N) is 2. The fourth-order valence-corrected chi connectivity index (χ4v) is 3.09. The number of benzene rings is 2. The molecule has 1 amide bonds.